The van der Waals surface area contributed by atoms with Crippen LogP contribution in [-0.2, 0) is 0 Å². The van der Waals surface area contributed by atoms with E-state index in [4.69, 9.17) is 0 Å². The Balaban J connectivity index is 1.48. The lowest BCUT2D eigenvalue weighted by Crippen LogP contribution is -2.48. The topological polar surface area (TPSA) is 71.2 Å². The third-order valence-corrected chi connectivity index (χ3v) is 5.61. The number of aliphatic hydroxyl groups excluding tert-OH is 1. The zero-order chi connectivity index (χ0) is 17.7. The lowest BCUT2D eigenvalue weighted by atomic mass is 9.99. The van der Waals surface area contributed by atoms with Crippen LogP contribution in [0.2, 0.25) is 0 Å². The maximum absolute atomic E-state index is 13.1. The van der Waals surface area contributed by atoms with Crippen molar-refractivity contribution >= 4 is 17.1 Å². The van der Waals surface area contributed by atoms with Gasteiger partial charge in [-0.3, -0.25) is 9.36 Å². The number of pyridine rings is 1. The highest BCUT2D eigenvalue weighted by Gasteiger charge is 2.43. The number of carbonyl (C=O) groups is 1. The number of hydrogen-bond acceptors (Lipinski definition) is 4. The molecular weight excluding hydrogens is 328 g/mol. The average molecular weight is 348 g/mol. The highest BCUT2D eigenvalue weighted by Crippen LogP contribution is 2.36. The van der Waals surface area contributed by atoms with Crippen LogP contribution in [0.5, 0.6) is 0 Å². The molecule has 2 fully saturated rings. The molecule has 4 heterocycles. The third-order valence-electron chi connectivity index (χ3n) is 5.61. The van der Waals surface area contributed by atoms with Crippen molar-refractivity contribution in [3.63, 3.8) is 0 Å². The Morgan fingerprint density at radius 1 is 1.08 bits per heavy atom. The SMILES string of the molecule is O=C(c1cnc2c(c1)ncn2-c1ccccc1)N1[C@@H]2CC[C@H]1CC(O)C2. The lowest BCUT2D eigenvalue weighted by Gasteiger charge is -2.37. The summed E-state index contributed by atoms with van der Waals surface area (Å²) in [7, 11) is 0. The Labute approximate surface area is 151 Å². The van der Waals surface area contributed by atoms with Gasteiger partial charge in [0.15, 0.2) is 5.65 Å². The van der Waals surface area contributed by atoms with E-state index in [-0.39, 0.29) is 24.1 Å². The van der Waals surface area contributed by atoms with E-state index in [0.29, 0.717) is 23.9 Å². The van der Waals surface area contributed by atoms with Crippen LogP contribution in [0, 0.1) is 0 Å². The maximum Gasteiger partial charge on any atom is 0.256 e. The Bertz CT molecular complexity index is 954. The Kier molecular flexibility index (Phi) is 3.53. The van der Waals surface area contributed by atoms with Crippen molar-refractivity contribution in [1.29, 1.82) is 0 Å². The predicted molar refractivity (Wildman–Crippen MR) is 97.1 cm³/mol. The summed E-state index contributed by atoms with van der Waals surface area (Å²) in [5.41, 5.74) is 3.02. The number of aromatic nitrogens is 3. The second kappa shape index (κ2) is 5.92. The molecular formula is C20H20N4O2. The summed E-state index contributed by atoms with van der Waals surface area (Å²) in [6, 6.07) is 12.0. The van der Waals surface area contributed by atoms with Crippen molar-refractivity contribution in [2.24, 2.45) is 0 Å². The van der Waals surface area contributed by atoms with Crippen LogP contribution in [0.3, 0.4) is 0 Å². The third kappa shape index (κ3) is 2.41. The van der Waals surface area contributed by atoms with Crippen molar-refractivity contribution in [2.45, 2.75) is 43.9 Å². The molecule has 0 saturated carbocycles. The number of carbonyl (C=O) groups excluding carboxylic acids is 1. The first-order valence-electron chi connectivity index (χ1n) is 9.10. The van der Waals surface area contributed by atoms with Crippen molar-refractivity contribution in [1.82, 2.24) is 19.4 Å². The lowest BCUT2D eigenvalue weighted by molar-refractivity contribution is 0.0286. The van der Waals surface area contributed by atoms with E-state index in [0.717, 1.165) is 24.2 Å². The number of nitrogens with zero attached hydrogens (tertiary/aromatic N) is 4. The molecule has 3 aromatic rings. The summed E-state index contributed by atoms with van der Waals surface area (Å²) in [4.78, 5) is 24.0. The molecule has 2 aliphatic rings. The zero-order valence-electron chi connectivity index (χ0n) is 14.3. The van der Waals surface area contributed by atoms with Crippen molar-refractivity contribution in [3.8, 4) is 5.69 Å². The van der Waals surface area contributed by atoms with Crippen LogP contribution in [0.25, 0.3) is 16.9 Å². The first kappa shape index (κ1) is 15.5. The van der Waals surface area contributed by atoms with E-state index in [2.05, 4.69) is 9.97 Å². The molecule has 2 aromatic heterocycles. The first-order chi connectivity index (χ1) is 12.7. The fourth-order valence-corrected chi connectivity index (χ4v) is 4.42. The van der Waals surface area contributed by atoms with E-state index in [9.17, 15) is 9.90 Å². The van der Waals surface area contributed by atoms with Gasteiger partial charge in [-0.1, -0.05) is 18.2 Å². The standard InChI is InChI=1S/C20H20N4O2/c25-17-9-15-6-7-16(10-17)24(15)20(26)13-8-18-19(21-11-13)23(12-22-18)14-4-2-1-3-5-14/h1-5,8,11-12,15-17,25H,6-7,9-10H2/t15-,16+,17?. The van der Waals surface area contributed by atoms with Crippen LogP contribution in [-0.4, -0.2) is 48.6 Å². The van der Waals surface area contributed by atoms with E-state index in [1.54, 1.807) is 12.5 Å². The molecule has 0 aliphatic carbocycles. The van der Waals surface area contributed by atoms with Gasteiger partial charge in [-0.15, -0.1) is 0 Å². The molecule has 3 atom stereocenters. The van der Waals surface area contributed by atoms with Gasteiger partial charge in [0.1, 0.15) is 11.8 Å². The number of imidazole rings is 1. The van der Waals surface area contributed by atoms with E-state index < -0.39 is 0 Å². The molecule has 1 aromatic carbocycles. The fraction of sp³-hybridized carbons (Fsp3) is 0.350. The van der Waals surface area contributed by atoms with Crippen LogP contribution < -0.4 is 0 Å². The van der Waals surface area contributed by atoms with Gasteiger partial charge >= 0.3 is 0 Å². The van der Waals surface area contributed by atoms with Gasteiger partial charge in [-0.25, -0.2) is 9.97 Å². The number of hydrogen-bond donors (Lipinski definition) is 1. The summed E-state index contributed by atoms with van der Waals surface area (Å²) >= 11 is 0. The van der Waals surface area contributed by atoms with E-state index >= 15 is 0 Å². The van der Waals surface area contributed by atoms with Gasteiger partial charge in [-0.05, 0) is 43.9 Å². The Morgan fingerprint density at radius 3 is 2.54 bits per heavy atom. The molecule has 26 heavy (non-hydrogen) atoms. The normalized spacial score (nSPS) is 25.0. The van der Waals surface area contributed by atoms with Crippen LogP contribution in [0.4, 0.5) is 0 Å². The number of para-hydroxylation sites is 1. The average Bonchev–Trinajstić information content (AvgIpc) is 3.20. The highest BCUT2D eigenvalue weighted by molar-refractivity contribution is 5.97. The van der Waals surface area contributed by atoms with Crippen LogP contribution in [0.1, 0.15) is 36.0 Å². The molecule has 2 saturated heterocycles. The minimum atomic E-state index is -0.279. The number of rotatable bonds is 2. The van der Waals surface area contributed by atoms with Gasteiger partial charge in [0.25, 0.3) is 5.91 Å². The fourth-order valence-electron chi connectivity index (χ4n) is 4.42. The monoisotopic (exact) mass is 348 g/mol. The maximum atomic E-state index is 13.1. The Hall–Kier alpha value is -2.73. The molecule has 5 rings (SSSR count). The quantitative estimate of drug-likeness (QED) is 0.773. The van der Waals surface area contributed by atoms with Crippen molar-refractivity contribution in [2.75, 3.05) is 0 Å². The van der Waals surface area contributed by atoms with Gasteiger partial charge < -0.3 is 10.0 Å². The van der Waals surface area contributed by atoms with E-state index in [1.807, 2.05) is 45.9 Å². The molecule has 0 spiro atoms. The van der Waals surface area contributed by atoms with Gasteiger partial charge in [0, 0.05) is 24.0 Å². The summed E-state index contributed by atoms with van der Waals surface area (Å²) in [6.45, 7) is 0. The minimum Gasteiger partial charge on any atom is -0.393 e. The molecule has 132 valence electrons. The Morgan fingerprint density at radius 2 is 1.81 bits per heavy atom. The molecule has 0 radical (unpaired) electrons. The summed E-state index contributed by atoms with van der Waals surface area (Å²) in [5.74, 6) is 0.00746. The van der Waals surface area contributed by atoms with Gasteiger partial charge in [-0.2, -0.15) is 0 Å². The summed E-state index contributed by atoms with van der Waals surface area (Å²) in [5, 5.41) is 9.95. The second-order valence-electron chi connectivity index (χ2n) is 7.24. The number of piperidine rings is 1. The number of amides is 1. The molecule has 2 aliphatic heterocycles. The zero-order valence-corrected chi connectivity index (χ0v) is 14.3. The van der Waals surface area contributed by atoms with Gasteiger partial charge in [0.2, 0.25) is 0 Å². The second-order valence-corrected chi connectivity index (χ2v) is 7.24. The largest absolute Gasteiger partial charge is 0.393 e. The number of benzene rings is 1. The molecule has 1 unspecified atom stereocenters. The van der Waals surface area contributed by atoms with Crippen LogP contribution in [0.15, 0.2) is 48.9 Å². The summed E-state index contributed by atoms with van der Waals surface area (Å²) in [6.07, 6.45) is 6.43. The number of fused-ring (bicyclic) bond motifs is 3. The number of aliphatic hydroxyl groups is 1. The summed E-state index contributed by atoms with van der Waals surface area (Å²) < 4.78 is 1.92. The molecule has 1 amide bonds. The molecule has 1 N–H and O–H groups in total. The van der Waals surface area contributed by atoms with Crippen LogP contribution >= 0.6 is 0 Å². The van der Waals surface area contributed by atoms with Gasteiger partial charge in [0.05, 0.1) is 11.7 Å². The molecule has 6 nitrogen and oxygen atoms in total. The molecule has 6 heteroatoms. The molecule has 2 bridgehead atoms. The highest BCUT2D eigenvalue weighted by atomic mass is 16.3. The van der Waals surface area contributed by atoms with E-state index in [1.165, 1.54) is 0 Å². The smallest absolute Gasteiger partial charge is 0.256 e. The predicted octanol–water partition coefficient (Wildman–Crippen LogP) is 2.55. The van der Waals surface area contributed by atoms with Crippen molar-refractivity contribution in [3.05, 3.63) is 54.5 Å². The minimum absolute atomic E-state index is 0.00746. The first-order valence-corrected chi connectivity index (χ1v) is 9.10. The van der Waals surface area contributed by atoms with Crippen molar-refractivity contribution < 1.29 is 9.90 Å².